The molecule has 2 amide bonds. The number of thiophene rings is 1. The summed E-state index contributed by atoms with van der Waals surface area (Å²) in [7, 11) is 0. The number of halogens is 1. The van der Waals surface area contributed by atoms with Crippen molar-refractivity contribution in [1.82, 2.24) is 10.6 Å². The number of carbonyl (C=O) groups excluding carboxylic acids is 1. The van der Waals surface area contributed by atoms with E-state index < -0.39 is 0 Å². The monoisotopic (exact) mass is 412 g/mol. The van der Waals surface area contributed by atoms with Crippen LogP contribution >= 0.6 is 11.3 Å². The number of benzene rings is 2. The highest BCUT2D eigenvalue weighted by Gasteiger charge is 2.17. The van der Waals surface area contributed by atoms with E-state index in [1.54, 1.807) is 23.5 Å². The highest BCUT2D eigenvalue weighted by Crippen LogP contribution is 2.26. The van der Waals surface area contributed by atoms with Crippen LogP contribution in [0.3, 0.4) is 0 Å². The third-order valence-corrected chi connectivity index (χ3v) is 5.37. The number of urea groups is 1. The molecule has 0 aliphatic heterocycles. The second-order valence-electron chi connectivity index (χ2n) is 6.60. The lowest BCUT2D eigenvalue weighted by molar-refractivity contribution is 0.135. The SMILES string of the molecule is O=C(NCCCOCCc1ccccc1)NC(c1ccc(F)cc1)c1cccs1. The zero-order valence-electron chi connectivity index (χ0n) is 16.1. The first-order chi connectivity index (χ1) is 14.2. The van der Waals surface area contributed by atoms with Gasteiger partial charge >= 0.3 is 6.03 Å². The van der Waals surface area contributed by atoms with Crippen LogP contribution in [0.4, 0.5) is 9.18 Å². The molecule has 0 spiro atoms. The van der Waals surface area contributed by atoms with Crippen LogP contribution < -0.4 is 10.6 Å². The molecule has 0 saturated heterocycles. The van der Waals surface area contributed by atoms with E-state index >= 15 is 0 Å². The minimum absolute atomic E-state index is 0.253. The van der Waals surface area contributed by atoms with Gasteiger partial charge in [0.1, 0.15) is 5.82 Å². The van der Waals surface area contributed by atoms with Gasteiger partial charge in [0.2, 0.25) is 0 Å². The summed E-state index contributed by atoms with van der Waals surface area (Å²) < 4.78 is 18.9. The van der Waals surface area contributed by atoms with Gasteiger partial charge in [-0.3, -0.25) is 0 Å². The Hall–Kier alpha value is -2.70. The Bertz CT molecular complexity index is 854. The molecule has 1 unspecified atom stereocenters. The van der Waals surface area contributed by atoms with Gasteiger partial charge in [-0.2, -0.15) is 0 Å². The topological polar surface area (TPSA) is 50.4 Å². The number of hydrogen-bond donors (Lipinski definition) is 2. The van der Waals surface area contributed by atoms with Gasteiger partial charge in [0.05, 0.1) is 12.6 Å². The van der Waals surface area contributed by atoms with E-state index in [0.717, 1.165) is 23.3 Å². The van der Waals surface area contributed by atoms with E-state index in [-0.39, 0.29) is 17.9 Å². The smallest absolute Gasteiger partial charge is 0.315 e. The van der Waals surface area contributed by atoms with E-state index in [0.29, 0.717) is 19.8 Å². The summed E-state index contributed by atoms with van der Waals surface area (Å²) in [5.41, 5.74) is 2.10. The molecule has 2 aromatic carbocycles. The summed E-state index contributed by atoms with van der Waals surface area (Å²) in [6.45, 7) is 1.79. The van der Waals surface area contributed by atoms with Crippen molar-refractivity contribution >= 4 is 17.4 Å². The molecule has 0 aliphatic rings. The van der Waals surface area contributed by atoms with Crippen LogP contribution in [0.25, 0.3) is 0 Å². The summed E-state index contributed by atoms with van der Waals surface area (Å²) in [6.07, 6.45) is 1.62. The lowest BCUT2D eigenvalue weighted by Gasteiger charge is -2.18. The largest absolute Gasteiger partial charge is 0.381 e. The molecule has 3 rings (SSSR count). The fourth-order valence-electron chi connectivity index (χ4n) is 2.92. The van der Waals surface area contributed by atoms with Crippen LogP contribution in [-0.4, -0.2) is 25.8 Å². The fourth-order valence-corrected chi connectivity index (χ4v) is 3.73. The van der Waals surface area contributed by atoms with Gasteiger partial charge in [0.25, 0.3) is 0 Å². The zero-order chi connectivity index (χ0) is 20.3. The number of rotatable bonds is 10. The number of carbonyl (C=O) groups is 1. The molecule has 1 aromatic heterocycles. The number of hydrogen-bond acceptors (Lipinski definition) is 3. The molecule has 4 nitrogen and oxygen atoms in total. The molecule has 0 aliphatic carbocycles. The fraction of sp³-hybridized carbons (Fsp3) is 0.261. The predicted molar refractivity (Wildman–Crippen MR) is 115 cm³/mol. The number of nitrogens with one attached hydrogen (secondary N) is 2. The van der Waals surface area contributed by atoms with Gasteiger partial charge in [-0.05, 0) is 47.5 Å². The molecule has 152 valence electrons. The van der Waals surface area contributed by atoms with Gasteiger partial charge in [-0.15, -0.1) is 11.3 Å². The van der Waals surface area contributed by atoms with Crippen molar-refractivity contribution in [2.45, 2.75) is 18.9 Å². The average Bonchev–Trinajstić information content (AvgIpc) is 3.27. The van der Waals surface area contributed by atoms with Crippen molar-refractivity contribution in [3.8, 4) is 0 Å². The molecule has 6 heteroatoms. The van der Waals surface area contributed by atoms with Crippen molar-refractivity contribution in [3.05, 3.63) is 93.9 Å². The minimum Gasteiger partial charge on any atom is -0.381 e. The van der Waals surface area contributed by atoms with Gasteiger partial charge in [-0.25, -0.2) is 9.18 Å². The van der Waals surface area contributed by atoms with Crippen molar-refractivity contribution in [1.29, 1.82) is 0 Å². The number of amides is 2. The van der Waals surface area contributed by atoms with E-state index in [1.807, 2.05) is 35.7 Å². The highest BCUT2D eigenvalue weighted by molar-refractivity contribution is 7.10. The maximum Gasteiger partial charge on any atom is 0.315 e. The zero-order valence-corrected chi connectivity index (χ0v) is 17.0. The standard InChI is InChI=1S/C23H25FN2O2S/c24-20-11-9-19(10-12-20)22(21-8-4-17-29-21)26-23(27)25-14-5-15-28-16-13-18-6-2-1-3-7-18/h1-4,6-12,17,22H,5,13-16H2,(H2,25,26,27). The summed E-state index contributed by atoms with van der Waals surface area (Å²) in [5.74, 6) is -0.296. The summed E-state index contributed by atoms with van der Waals surface area (Å²) in [6, 6.07) is 19.7. The Morgan fingerprint density at radius 3 is 2.52 bits per heavy atom. The normalized spacial score (nSPS) is 11.8. The average molecular weight is 413 g/mol. The molecule has 2 N–H and O–H groups in total. The van der Waals surface area contributed by atoms with E-state index in [2.05, 4.69) is 22.8 Å². The third kappa shape index (κ3) is 7.00. The van der Waals surface area contributed by atoms with Crippen LogP contribution in [0.1, 0.15) is 28.5 Å². The van der Waals surface area contributed by atoms with E-state index in [1.165, 1.54) is 17.7 Å². The predicted octanol–water partition coefficient (Wildman–Crippen LogP) is 4.93. The van der Waals surface area contributed by atoms with Crippen molar-refractivity contribution < 1.29 is 13.9 Å². The molecule has 0 radical (unpaired) electrons. The van der Waals surface area contributed by atoms with E-state index in [9.17, 15) is 9.18 Å². The Kier molecular flexibility index (Phi) is 8.22. The van der Waals surface area contributed by atoms with Crippen LogP contribution in [0.2, 0.25) is 0 Å². The Morgan fingerprint density at radius 2 is 1.79 bits per heavy atom. The van der Waals surface area contributed by atoms with Gasteiger partial charge in [0, 0.05) is 18.0 Å². The maximum absolute atomic E-state index is 13.2. The third-order valence-electron chi connectivity index (χ3n) is 4.44. The van der Waals surface area contributed by atoms with Crippen molar-refractivity contribution in [2.24, 2.45) is 0 Å². The first-order valence-corrected chi connectivity index (χ1v) is 10.6. The van der Waals surface area contributed by atoms with Crippen LogP contribution in [0.15, 0.2) is 72.1 Å². The van der Waals surface area contributed by atoms with Gasteiger partial charge < -0.3 is 15.4 Å². The molecule has 0 fully saturated rings. The molecule has 1 heterocycles. The van der Waals surface area contributed by atoms with Crippen molar-refractivity contribution in [3.63, 3.8) is 0 Å². The van der Waals surface area contributed by atoms with Crippen LogP contribution in [0, 0.1) is 5.82 Å². The highest BCUT2D eigenvalue weighted by atomic mass is 32.1. The lowest BCUT2D eigenvalue weighted by Crippen LogP contribution is -2.38. The maximum atomic E-state index is 13.2. The summed E-state index contributed by atoms with van der Waals surface area (Å²) in [4.78, 5) is 13.3. The number of ether oxygens (including phenoxy) is 1. The Morgan fingerprint density at radius 1 is 1.00 bits per heavy atom. The van der Waals surface area contributed by atoms with Gasteiger partial charge in [-0.1, -0.05) is 48.5 Å². The second-order valence-corrected chi connectivity index (χ2v) is 7.58. The summed E-state index contributed by atoms with van der Waals surface area (Å²) >= 11 is 1.55. The molecular formula is C23H25FN2O2S. The lowest BCUT2D eigenvalue weighted by atomic mass is 10.1. The minimum atomic E-state index is -0.308. The Balaban J connectivity index is 1.38. The molecule has 1 atom stereocenters. The molecule has 3 aromatic rings. The second kappa shape index (κ2) is 11.3. The van der Waals surface area contributed by atoms with Crippen molar-refractivity contribution in [2.75, 3.05) is 19.8 Å². The van der Waals surface area contributed by atoms with Crippen LogP contribution in [-0.2, 0) is 11.2 Å². The molecule has 29 heavy (non-hydrogen) atoms. The molecule has 0 saturated carbocycles. The first kappa shape index (κ1) is 21.0. The molecular weight excluding hydrogens is 387 g/mol. The van der Waals surface area contributed by atoms with E-state index in [4.69, 9.17) is 4.74 Å². The van der Waals surface area contributed by atoms with Gasteiger partial charge in [0.15, 0.2) is 0 Å². The van der Waals surface area contributed by atoms with Crippen LogP contribution in [0.5, 0.6) is 0 Å². The molecule has 0 bridgehead atoms. The first-order valence-electron chi connectivity index (χ1n) is 9.67. The Labute approximate surface area is 174 Å². The summed E-state index contributed by atoms with van der Waals surface area (Å²) in [5, 5.41) is 7.80. The quantitative estimate of drug-likeness (QED) is 0.464.